The fraction of sp³-hybridized carbons (Fsp3) is 1.00. The Kier molecular flexibility index (Phi) is 3.00. The van der Waals surface area contributed by atoms with Gasteiger partial charge in [0.15, 0.2) is 0 Å². The topological polar surface area (TPSA) is 54.4 Å². The Balaban J connectivity index is 2.69. The van der Waals surface area contributed by atoms with Gasteiger partial charge in [-0.05, 0) is 12.8 Å². The Morgan fingerprint density at radius 2 is 1.55 bits per heavy atom. The molecule has 0 bridgehead atoms. The maximum atomic E-state index is 10.6. The molecule has 0 amide bonds. The van der Waals surface area contributed by atoms with E-state index in [-0.39, 0.29) is 9.65 Å². The summed E-state index contributed by atoms with van der Waals surface area (Å²) in [5.74, 6) is 0. The maximum Gasteiger partial charge on any atom is 0.267 e. The molecule has 2 unspecified atom stereocenters. The number of alkyl halides is 2. The van der Waals surface area contributed by atoms with Crippen molar-refractivity contribution in [1.29, 1.82) is 0 Å². The summed E-state index contributed by atoms with van der Waals surface area (Å²) >= 11 is 6.63. The van der Waals surface area contributed by atoms with E-state index in [1.807, 2.05) is 0 Å². The third kappa shape index (κ3) is 2.40. The maximum absolute atomic E-state index is 10.6. The molecule has 1 N–H and O–H groups in total. The molecule has 66 valence electrons. The first-order valence-electron chi connectivity index (χ1n) is 3.15. The molecule has 0 aromatic heterocycles. The zero-order chi connectivity index (χ0) is 8.65. The first-order valence-corrected chi connectivity index (χ1v) is 6.49. The molecular weight excluding hydrogens is 300 g/mol. The van der Waals surface area contributed by atoms with E-state index in [4.69, 9.17) is 4.55 Å². The van der Waals surface area contributed by atoms with Gasteiger partial charge in [0, 0.05) is 9.65 Å². The third-order valence-corrected chi connectivity index (χ3v) is 5.75. The van der Waals surface area contributed by atoms with Crippen LogP contribution in [-0.4, -0.2) is 27.9 Å². The minimum absolute atomic E-state index is 0.148. The van der Waals surface area contributed by atoms with Crippen molar-refractivity contribution < 1.29 is 13.0 Å². The van der Waals surface area contributed by atoms with Crippen LogP contribution >= 0.6 is 31.9 Å². The lowest BCUT2D eigenvalue weighted by atomic mass is 10.4. The average molecular weight is 308 g/mol. The van der Waals surface area contributed by atoms with Gasteiger partial charge in [-0.2, -0.15) is 8.42 Å². The zero-order valence-electron chi connectivity index (χ0n) is 5.57. The van der Waals surface area contributed by atoms with Gasteiger partial charge in [0.2, 0.25) is 0 Å². The molecule has 0 radical (unpaired) electrons. The highest BCUT2D eigenvalue weighted by Crippen LogP contribution is 2.34. The summed E-state index contributed by atoms with van der Waals surface area (Å²) in [7, 11) is -3.83. The van der Waals surface area contributed by atoms with E-state index in [0.717, 1.165) is 0 Å². The Bertz CT molecular complexity index is 228. The van der Waals surface area contributed by atoms with Crippen molar-refractivity contribution in [2.75, 3.05) is 0 Å². The van der Waals surface area contributed by atoms with Crippen molar-refractivity contribution in [1.82, 2.24) is 0 Å². The molecule has 1 fully saturated rings. The number of rotatable bonds is 1. The Hall–Kier alpha value is 0.870. The normalized spacial score (nSPS) is 39.4. The summed E-state index contributed by atoms with van der Waals surface area (Å²) in [6.07, 6.45) is 0.962. The average Bonchev–Trinajstić information content (AvgIpc) is 2.11. The standard InChI is InChI=1S/C5H8Br2O3S/c6-4-1-3(2-5(4)7)11(8,9)10/h3-5H,1-2H2,(H,8,9,10). The van der Waals surface area contributed by atoms with E-state index in [9.17, 15) is 8.42 Å². The monoisotopic (exact) mass is 306 g/mol. The lowest BCUT2D eigenvalue weighted by Gasteiger charge is -2.02. The van der Waals surface area contributed by atoms with E-state index in [0.29, 0.717) is 12.8 Å². The van der Waals surface area contributed by atoms with Crippen LogP contribution in [0.4, 0.5) is 0 Å². The van der Waals surface area contributed by atoms with Crippen LogP contribution in [0.2, 0.25) is 0 Å². The second kappa shape index (κ2) is 3.32. The van der Waals surface area contributed by atoms with Gasteiger partial charge in [-0.1, -0.05) is 31.9 Å². The molecule has 3 nitrogen and oxygen atoms in total. The Labute approximate surface area is 82.6 Å². The van der Waals surface area contributed by atoms with Crippen LogP contribution in [-0.2, 0) is 10.1 Å². The molecule has 0 saturated heterocycles. The third-order valence-electron chi connectivity index (χ3n) is 1.79. The quantitative estimate of drug-likeness (QED) is 0.591. The molecule has 0 heterocycles. The lowest BCUT2D eigenvalue weighted by Crippen LogP contribution is -2.16. The molecule has 1 rings (SSSR count). The minimum atomic E-state index is -3.83. The van der Waals surface area contributed by atoms with Gasteiger partial charge in [-0.25, -0.2) is 0 Å². The van der Waals surface area contributed by atoms with Gasteiger partial charge in [0.05, 0.1) is 5.25 Å². The molecule has 1 aliphatic rings. The first-order chi connectivity index (χ1) is 4.91. The second-order valence-electron chi connectivity index (χ2n) is 2.64. The summed E-state index contributed by atoms with van der Waals surface area (Å²) in [5.41, 5.74) is 0. The first kappa shape index (κ1) is 9.95. The molecule has 0 spiro atoms. The molecule has 0 aliphatic heterocycles. The van der Waals surface area contributed by atoms with Crippen LogP contribution in [0, 0.1) is 0 Å². The van der Waals surface area contributed by atoms with Crippen LogP contribution in [0.25, 0.3) is 0 Å². The predicted octanol–water partition coefficient (Wildman–Crippen LogP) is 1.56. The second-order valence-corrected chi connectivity index (χ2v) is 6.69. The number of hydrogen-bond acceptors (Lipinski definition) is 2. The minimum Gasteiger partial charge on any atom is -0.285 e. The zero-order valence-corrected chi connectivity index (χ0v) is 9.56. The molecule has 1 aliphatic carbocycles. The molecule has 11 heavy (non-hydrogen) atoms. The Morgan fingerprint density at radius 1 is 1.18 bits per heavy atom. The van der Waals surface area contributed by atoms with Crippen molar-refractivity contribution in [3.8, 4) is 0 Å². The number of hydrogen-bond donors (Lipinski definition) is 1. The van der Waals surface area contributed by atoms with Crippen LogP contribution < -0.4 is 0 Å². The lowest BCUT2D eigenvalue weighted by molar-refractivity contribution is 0.467. The van der Waals surface area contributed by atoms with Gasteiger partial charge in [0.1, 0.15) is 0 Å². The van der Waals surface area contributed by atoms with Crippen molar-refractivity contribution in [3.63, 3.8) is 0 Å². The van der Waals surface area contributed by atoms with Gasteiger partial charge < -0.3 is 0 Å². The molecular formula is C5H8Br2O3S. The van der Waals surface area contributed by atoms with Crippen LogP contribution in [0.15, 0.2) is 0 Å². The van der Waals surface area contributed by atoms with E-state index < -0.39 is 15.4 Å². The highest BCUT2D eigenvalue weighted by atomic mass is 79.9. The summed E-state index contributed by atoms with van der Waals surface area (Å²) < 4.78 is 30.0. The van der Waals surface area contributed by atoms with Crippen LogP contribution in [0.3, 0.4) is 0 Å². The largest absolute Gasteiger partial charge is 0.285 e. The molecule has 1 saturated carbocycles. The van der Waals surface area contributed by atoms with E-state index in [2.05, 4.69) is 31.9 Å². The van der Waals surface area contributed by atoms with Crippen LogP contribution in [0.5, 0.6) is 0 Å². The van der Waals surface area contributed by atoms with Gasteiger partial charge in [-0.3, -0.25) is 4.55 Å². The molecule has 2 atom stereocenters. The van der Waals surface area contributed by atoms with Crippen molar-refractivity contribution in [2.45, 2.75) is 27.7 Å². The predicted molar refractivity (Wildman–Crippen MR) is 50.0 cm³/mol. The smallest absolute Gasteiger partial charge is 0.267 e. The van der Waals surface area contributed by atoms with Gasteiger partial charge in [0.25, 0.3) is 10.1 Å². The van der Waals surface area contributed by atoms with Gasteiger partial charge in [-0.15, -0.1) is 0 Å². The summed E-state index contributed by atoms with van der Waals surface area (Å²) in [5, 5.41) is -0.601. The molecule has 0 aromatic rings. The highest BCUT2D eigenvalue weighted by Gasteiger charge is 2.37. The fourth-order valence-electron chi connectivity index (χ4n) is 1.14. The van der Waals surface area contributed by atoms with Crippen LogP contribution in [0.1, 0.15) is 12.8 Å². The van der Waals surface area contributed by atoms with Crippen molar-refractivity contribution in [2.24, 2.45) is 0 Å². The molecule has 0 aromatic carbocycles. The van der Waals surface area contributed by atoms with E-state index >= 15 is 0 Å². The van der Waals surface area contributed by atoms with Crippen molar-refractivity contribution in [3.05, 3.63) is 0 Å². The fourth-order valence-corrected chi connectivity index (χ4v) is 3.87. The van der Waals surface area contributed by atoms with E-state index in [1.54, 1.807) is 0 Å². The SMILES string of the molecule is O=S(=O)(O)C1CC(Br)C(Br)C1. The highest BCUT2D eigenvalue weighted by molar-refractivity contribution is 9.12. The molecule has 6 heteroatoms. The summed E-state index contributed by atoms with van der Waals surface area (Å²) in [6.45, 7) is 0. The number of halogens is 2. The van der Waals surface area contributed by atoms with Crippen molar-refractivity contribution >= 4 is 42.0 Å². The van der Waals surface area contributed by atoms with Gasteiger partial charge >= 0.3 is 0 Å². The summed E-state index contributed by atoms with van der Waals surface area (Å²) in [6, 6.07) is 0. The Morgan fingerprint density at radius 3 is 1.73 bits per heavy atom. The summed E-state index contributed by atoms with van der Waals surface area (Å²) in [4.78, 5) is 0.295. The van der Waals surface area contributed by atoms with E-state index in [1.165, 1.54) is 0 Å².